The summed E-state index contributed by atoms with van der Waals surface area (Å²) >= 11 is 0. The van der Waals surface area contributed by atoms with Gasteiger partial charge >= 0.3 is 0 Å². The number of para-hydroxylation sites is 2. The first-order chi connectivity index (χ1) is 10.9. The molecule has 0 amide bonds. The number of nitrogens with zero attached hydrogens (tertiary/aromatic N) is 2. The maximum absolute atomic E-state index is 13.0. The Hall–Kier alpha value is -2.41. The van der Waals surface area contributed by atoms with Crippen molar-refractivity contribution in [2.45, 2.75) is 25.2 Å². The summed E-state index contributed by atoms with van der Waals surface area (Å²) in [6.07, 6.45) is 0.666. The predicted molar refractivity (Wildman–Crippen MR) is 89.1 cm³/mol. The van der Waals surface area contributed by atoms with Gasteiger partial charge in [0.25, 0.3) is 15.7 Å². The summed E-state index contributed by atoms with van der Waals surface area (Å²) in [5.74, 6) is 0. The predicted octanol–water partition coefficient (Wildman–Crippen LogP) is 3.37. The van der Waals surface area contributed by atoms with Crippen LogP contribution in [-0.2, 0) is 16.4 Å². The van der Waals surface area contributed by atoms with Gasteiger partial charge in [0.2, 0.25) is 0 Å². The van der Waals surface area contributed by atoms with Crippen molar-refractivity contribution in [1.29, 1.82) is 0 Å². The molecule has 0 heterocycles. The molecule has 0 aliphatic carbocycles. The smallest absolute Gasteiger partial charge is 0.266 e. The molecular weight excluding hydrogens is 316 g/mol. The Morgan fingerprint density at radius 2 is 1.65 bits per heavy atom. The van der Waals surface area contributed by atoms with Crippen LogP contribution in [0.25, 0.3) is 0 Å². The third-order valence-corrected chi connectivity index (χ3v) is 5.49. The van der Waals surface area contributed by atoms with Crippen LogP contribution in [-0.4, -0.2) is 19.9 Å². The zero-order chi connectivity index (χ0) is 17.0. The summed E-state index contributed by atoms with van der Waals surface area (Å²) in [6.45, 7) is 3.83. The van der Waals surface area contributed by atoms with Gasteiger partial charge in [0, 0.05) is 12.6 Å². The quantitative estimate of drug-likeness (QED) is 0.599. The van der Waals surface area contributed by atoms with E-state index in [1.807, 2.05) is 19.1 Å². The highest BCUT2D eigenvalue weighted by Crippen LogP contribution is 2.31. The maximum Gasteiger partial charge on any atom is 0.289 e. The third-order valence-electron chi connectivity index (χ3n) is 3.56. The Labute approximate surface area is 135 Å². The van der Waals surface area contributed by atoms with Crippen LogP contribution in [0.4, 0.5) is 11.4 Å². The zero-order valence-corrected chi connectivity index (χ0v) is 13.8. The number of sulfonamides is 1. The normalized spacial score (nSPS) is 11.2. The highest BCUT2D eigenvalue weighted by atomic mass is 32.2. The number of hydrogen-bond donors (Lipinski definition) is 0. The molecule has 0 bridgehead atoms. The Bertz CT molecular complexity index is 818. The van der Waals surface area contributed by atoms with E-state index in [9.17, 15) is 18.5 Å². The van der Waals surface area contributed by atoms with Crippen molar-refractivity contribution in [2.24, 2.45) is 0 Å². The summed E-state index contributed by atoms with van der Waals surface area (Å²) in [6, 6.07) is 12.6. The molecule has 0 unspecified atom stereocenters. The van der Waals surface area contributed by atoms with Gasteiger partial charge in [0.1, 0.15) is 0 Å². The molecule has 0 aromatic heterocycles. The van der Waals surface area contributed by atoms with E-state index in [0.29, 0.717) is 12.1 Å². The van der Waals surface area contributed by atoms with Gasteiger partial charge in [-0.15, -0.1) is 0 Å². The van der Waals surface area contributed by atoms with Crippen molar-refractivity contribution in [3.8, 4) is 0 Å². The minimum Gasteiger partial charge on any atom is -0.266 e. The fourth-order valence-electron chi connectivity index (χ4n) is 2.47. The SMILES string of the molecule is CCc1ccccc1N(CC)S(=O)(=O)c1ccccc1[N+](=O)[O-]. The van der Waals surface area contributed by atoms with E-state index in [-0.39, 0.29) is 11.4 Å². The number of anilines is 1. The molecule has 6 nitrogen and oxygen atoms in total. The fraction of sp³-hybridized carbons (Fsp3) is 0.250. The molecule has 122 valence electrons. The summed E-state index contributed by atoms with van der Waals surface area (Å²) in [5.41, 5.74) is 1.01. The van der Waals surface area contributed by atoms with Crippen LogP contribution in [0, 0.1) is 10.1 Å². The Kier molecular flexibility index (Phi) is 5.00. The first-order valence-electron chi connectivity index (χ1n) is 7.27. The van der Waals surface area contributed by atoms with Gasteiger partial charge in [0.15, 0.2) is 4.90 Å². The van der Waals surface area contributed by atoms with Crippen LogP contribution >= 0.6 is 0 Å². The van der Waals surface area contributed by atoms with Gasteiger partial charge in [0.05, 0.1) is 10.6 Å². The molecule has 0 saturated carbocycles. The van der Waals surface area contributed by atoms with E-state index in [4.69, 9.17) is 0 Å². The standard InChI is InChI=1S/C16H18N2O4S/c1-3-13-9-5-6-10-14(13)17(4-2)23(21,22)16-12-8-7-11-15(16)18(19)20/h5-12H,3-4H2,1-2H3. The number of nitro benzene ring substituents is 1. The molecule has 0 atom stereocenters. The van der Waals surface area contributed by atoms with Crippen molar-refractivity contribution in [3.05, 3.63) is 64.2 Å². The Morgan fingerprint density at radius 3 is 2.26 bits per heavy atom. The van der Waals surface area contributed by atoms with Crippen molar-refractivity contribution >= 4 is 21.4 Å². The molecule has 0 aliphatic rings. The summed E-state index contributed by atoms with van der Waals surface area (Å²) < 4.78 is 27.2. The van der Waals surface area contributed by atoms with Gasteiger partial charge < -0.3 is 0 Å². The Balaban J connectivity index is 2.64. The molecule has 0 saturated heterocycles. The maximum atomic E-state index is 13.0. The third kappa shape index (κ3) is 3.19. The molecule has 0 N–H and O–H groups in total. The number of benzene rings is 2. The van der Waals surface area contributed by atoms with Crippen LogP contribution in [0.5, 0.6) is 0 Å². The van der Waals surface area contributed by atoms with Gasteiger partial charge in [-0.05, 0) is 31.0 Å². The van der Waals surface area contributed by atoms with Crippen molar-refractivity contribution in [3.63, 3.8) is 0 Å². The van der Waals surface area contributed by atoms with Gasteiger partial charge in [-0.3, -0.25) is 14.4 Å². The first kappa shape index (κ1) is 17.0. The molecule has 0 spiro atoms. The highest BCUT2D eigenvalue weighted by molar-refractivity contribution is 7.93. The largest absolute Gasteiger partial charge is 0.289 e. The second kappa shape index (κ2) is 6.78. The number of rotatable bonds is 6. The van der Waals surface area contributed by atoms with Crippen LogP contribution in [0.3, 0.4) is 0 Å². The monoisotopic (exact) mass is 334 g/mol. The molecule has 23 heavy (non-hydrogen) atoms. The molecule has 2 aromatic rings. The minimum atomic E-state index is -4.02. The lowest BCUT2D eigenvalue weighted by atomic mass is 10.1. The molecule has 0 radical (unpaired) electrons. The summed E-state index contributed by atoms with van der Waals surface area (Å²) in [5, 5.41) is 11.2. The lowest BCUT2D eigenvalue weighted by Crippen LogP contribution is -2.32. The van der Waals surface area contributed by atoms with E-state index >= 15 is 0 Å². The van der Waals surface area contributed by atoms with E-state index in [0.717, 1.165) is 5.56 Å². The minimum absolute atomic E-state index is 0.186. The van der Waals surface area contributed by atoms with Gasteiger partial charge in [-0.2, -0.15) is 0 Å². The van der Waals surface area contributed by atoms with Crippen LogP contribution in [0.1, 0.15) is 19.4 Å². The van der Waals surface area contributed by atoms with Gasteiger partial charge in [-0.1, -0.05) is 37.3 Å². The fourth-order valence-corrected chi connectivity index (χ4v) is 4.14. The molecule has 7 heteroatoms. The zero-order valence-electron chi connectivity index (χ0n) is 13.0. The topological polar surface area (TPSA) is 80.5 Å². The molecular formula is C16H18N2O4S. The van der Waals surface area contributed by atoms with E-state index in [1.165, 1.54) is 28.6 Å². The summed E-state index contributed by atoms with van der Waals surface area (Å²) in [7, 11) is -4.02. The molecule has 0 aliphatic heterocycles. The van der Waals surface area contributed by atoms with Crippen molar-refractivity contribution < 1.29 is 13.3 Å². The molecule has 0 fully saturated rings. The van der Waals surface area contributed by atoms with Crippen LogP contribution < -0.4 is 4.31 Å². The van der Waals surface area contributed by atoms with E-state index < -0.39 is 20.6 Å². The van der Waals surface area contributed by atoms with Crippen molar-refractivity contribution in [1.82, 2.24) is 0 Å². The van der Waals surface area contributed by atoms with E-state index in [2.05, 4.69) is 0 Å². The summed E-state index contributed by atoms with van der Waals surface area (Å²) in [4.78, 5) is 10.2. The van der Waals surface area contributed by atoms with Gasteiger partial charge in [-0.25, -0.2) is 8.42 Å². The molecule has 2 aromatic carbocycles. The second-order valence-corrected chi connectivity index (χ2v) is 6.71. The first-order valence-corrected chi connectivity index (χ1v) is 8.71. The lowest BCUT2D eigenvalue weighted by molar-refractivity contribution is -0.387. The van der Waals surface area contributed by atoms with Crippen LogP contribution in [0.2, 0.25) is 0 Å². The van der Waals surface area contributed by atoms with Crippen LogP contribution in [0.15, 0.2) is 53.4 Å². The average Bonchev–Trinajstić information content (AvgIpc) is 2.55. The molecule has 2 rings (SSSR count). The van der Waals surface area contributed by atoms with Crippen molar-refractivity contribution in [2.75, 3.05) is 10.8 Å². The highest BCUT2D eigenvalue weighted by Gasteiger charge is 2.31. The number of hydrogen-bond acceptors (Lipinski definition) is 4. The lowest BCUT2D eigenvalue weighted by Gasteiger charge is -2.25. The second-order valence-electron chi connectivity index (χ2n) is 4.88. The average molecular weight is 334 g/mol. The number of aryl methyl sites for hydroxylation is 1. The Morgan fingerprint density at radius 1 is 1.04 bits per heavy atom. The number of nitro groups is 1. The van der Waals surface area contributed by atoms with E-state index in [1.54, 1.807) is 19.1 Å².